The van der Waals surface area contributed by atoms with Gasteiger partial charge in [0.15, 0.2) is 0 Å². The van der Waals surface area contributed by atoms with Crippen molar-refractivity contribution >= 4 is 30.0 Å². The van der Waals surface area contributed by atoms with Gasteiger partial charge in [0.2, 0.25) is 0 Å². The molecule has 0 spiro atoms. The molecule has 1 heterocycles. The van der Waals surface area contributed by atoms with Crippen LogP contribution in [0.5, 0.6) is 0 Å². The molecule has 1 rings (SSSR count). The third-order valence-electron chi connectivity index (χ3n) is 2.45. The lowest BCUT2D eigenvalue weighted by Gasteiger charge is -2.21. The third kappa shape index (κ3) is 4.75. The molecular weight excluding hydrogens is 270 g/mol. The summed E-state index contributed by atoms with van der Waals surface area (Å²) in [6.45, 7) is 3.55. The van der Waals surface area contributed by atoms with Gasteiger partial charge in [-0.2, -0.15) is 0 Å². The second-order valence-electron chi connectivity index (χ2n) is 4.53. The Bertz CT molecular complexity index is 446. The van der Waals surface area contributed by atoms with Gasteiger partial charge in [-0.1, -0.05) is 0 Å². The van der Waals surface area contributed by atoms with Crippen molar-refractivity contribution in [1.29, 1.82) is 0 Å². The Morgan fingerprint density at radius 2 is 2.05 bits per heavy atom. The van der Waals surface area contributed by atoms with Gasteiger partial charge < -0.3 is 15.8 Å². The van der Waals surface area contributed by atoms with Gasteiger partial charge in [0, 0.05) is 6.54 Å². The van der Waals surface area contributed by atoms with E-state index < -0.39 is 5.41 Å². The minimum atomic E-state index is -0.780. The predicted octanol–water partition coefficient (Wildman–Crippen LogP) is 1.01. The molecule has 0 unspecified atom stereocenters. The number of amides is 1. The number of hydrogen-bond acceptors (Lipinski definition) is 5. The van der Waals surface area contributed by atoms with E-state index in [4.69, 9.17) is 5.73 Å². The predicted molar refractivity (Wildman–Crippen MR) is 74.0 cm³/mol. The largest absolute Gasteiger partial charge is 0.469 e. The van der Waals surface area contributed by atoms with Crippen LogP contribution in [0, 0.1) is 5.41 Å². The van der Waals surface area contributed by atoms with Crippen LogP contribution < -0.4 is 11.1 Å². The standard InChI is InChI=1S/C12H17N3O3.ClH/c1-12(2,11(17)18-3)7-15-10(16)9-5-4-8(13)6-14-9;/h4-6H,7,13H2,1-3H3,(H,15,16);1H. The average Bonchev–Trinajstić information content (AvgIpc) is 2.35. The lowest BCUT2D eigenvalue weighted by atomic mass is 9.94. The zero-order valence-electron chi connectivity index (χ0n) is 11.1. The number of nitrogen functional groups attached to an aromatic ring is 1. The molecule has 0 radical (unpaired) electrons. The van der Waals surface area contributed by atoms with Crippen molar-refractivity contribution in [2.45, 2.75) is 13.8 Å². The quantitative estimate of drug-likeness (QED) is 0.806. The van der Waals surface area contributed by atoms with Gasteiger partial charge in [0.25, 0.3) is 5.91 Å². The van der Waals surface area contributed by atoms with Crippen LogP contribution in [0.1, 0.15) is 24.3 Å². The Balaban J connectivity index is 0.00000324. The molecule has 7 heteroatoms. The Hall–Kier alpha value is -1.82. The molecule has 3 N–H and O–H groups in total. The molecule has 0 saturated carbocycles. The zero-order valence-corrected chi connectivity index (χ0v) is 11.9. The number of anilines is 1. The summed E-state index contributed by atoms with van der Waals surface area (Å²) in [5, 5.41) is 2.63. The molecule has 1 aromatic heterocycles. The summed E-state index contributed by atoms with van der Waals surface area (Å²) in [4.78, 5) is 27.1. The van der Waals surface area contributed by atoms with E-state index in [1.165, 1.54) is 19.4 Å². The van der Waals surface area contributed by atoms with Crippen LogP contribution in [0.3, 0.4) is 0 Å². The van der Waals surface area contributed by atoms with Gasteiger partial charge in [0.1, 0.15) is 5.69 Å². The monoisotopic (exact) mass is 287 g/mol. The number of nitrogens with zero attached hydrogens (tertiary/aromatic N) is 1. The first-order valence-electron chi connectivity index (χ1n) is 5.45. The number of hydrogen-bond donors (Lipinski definition) is 2. The number of pyridine rings is 1. The van der Waals surface area contributed by atoms with Crippen LogP contribution in [-0.2, 0) is 9.53 Å². The number of methoxy groups -OCH3 is 1. The van der Waals surface area contributed by atoms with Crippen molar-refractivity contribution < 1.29 is 14.3 Å². The van der Waals surface area contributed by atoms with Crippen LogP contribution in [0.2, 0.25) is 0 Å². The van der Waals surface area contributed by atoms with E-state index >= 15 is 0 Å². The van der Waals surface area contributed by atoms with Crippen molar-refractivity contribution in [3.05, 3.63) is 24.0 Å². The molecule has 106 valence electrons. The lowest BCUT2D eigenvalue weighted by Crippen LogP contribution is -2.39. The first kappa shape index (κ1) is 17.2. The molecule has 0 saturated heterocycles. The fourth-order valence-electron chi connectivity index (χ4n) is 1.28. The van der Waals surface area contributed by atoms with Gasteiger partial charge in [-0.3, -0.25) is 9.59 Å². The highest BCUT2D eigenvalue weighted by Gasteiger charge is 2.29. The fraction of sp³-hybridized carbons (Fsp3) is 0.417. The highest BCUT2D eigenvalue weighted by Crippen LogP contribution is 2.15. The molecular formula is C12H18ClN3O3. The number of rotatable bonds is 4. The van der Waals surface area contributed by atoms with Gasteiger partial charge in [0.05, 0.1) is 24.4 Å². The lowest BCUT2D eigenvalue weighted by molar-refractivity contribution is -0.150. The number of aromatic nitrogens is 1. The van der Waals surface area contributed by atoms with E-state index in [9.17, 15) is 9.59 Å². The maximum Gasteiger partial charge on any atom is 0.313 e. The highest BCUT2D eigenvalue weighted by atomic mass is 35.5. The Morgan fingerprint density at radius 3 is 2.53 bits per heavy atom. The van der Waals surface area contributed by atoms with Crippen molar-refractivity contribution in [2.75, 3.05) is 19.4 Å². The van der Waals surface area contributed by atoms with Crippen LogP contribution >= 0.6 is 12.4 Å². The summed E-state index contributed by atoms with van der Waals surface area (Å²) in [6, 6.07) is 3.11. The fourth-order valence-corrected chi connectivity index (χ4v) is 1.28. The maximum absolute atomic E-state index is 11.7. The number of halogens is 1. The molecule has 1 aromatic rings. The van der Waals surface area contributed by atoms with E-state index in [2.05, 4.69) is 15.0 Å². The Kier molecular flexibility index (Phi) is 6.27. The van der Waals surface area contributed by atoms with Crippen LogP contribution in [-0.4, -0.2) is 30.5 Å². The van der Waals surface area contributed by atoms with Crippen molar-refractivity contribution in [3.63, 3.8) is 0 Å². The molecule has 0 atom stereocenters. The van der Waals surface area contributed by atoms with E-state index in [1.807, 2.05) is 0 Å². The van der Waals surface area contributed by atoms with E-state index in [-0.39, 0.29) is 36.5 Å². The molecule has 19 heavy (non-hydrogen) atoms. The minimum Gasteiger partial charge on any atom is -0.469 e. The maximum atomic E-state index is 11.7. The first-order chi connectivity index (χ1) is 8.36. The third-order valence-corrected chi connectivity index (χ3v) is 2.45. The second-order valence-corrected chi connectivity index (χ2v) is 4.53. The molecule has 0 aromatic carbocycles. The molecule has 0 aliphatic rings. The summed E-state index contributed by atoms with van der Waals surface area (Å²) in [5.74, 6) is -0.736. The van der Waals surface area contributed by atoms with Crippen LogP contribution in [0.25, 0.3) is 0 Å². The van der Waals surface area contributed by atoms with Gasteiger partial charge in [-0.25, -0.2) is 4.98 Å². The van der Waals surface area contributed by atoms with E-state index in [0.717, 1.165) is 0 Å². The Labute approximate surface area is 118 Å². The number of nitrogens with two attached hydrogens (primary N) is 1. The summed E-state index contributed by atoms with van der Waals surface area (Å²) < 4.78 is 4.65. The van der Waals surface area contributed by atoms with Crippen LogP contribution in [0.4, 0.5) is 5.69 Å². The van der Waals surface area contributed by atoms with Gasteiger partial charge >= 0.3 is 5.97 Å². The number of carbonyl (C=O) groups excluding carboxylic acids is 2. The van der Waals surface area contributed by atoms with Crippen LogP contribution in [0.15, 0.2) is 18.3 Å². The highest BCUT2D eigenvalue weighted by molar-refractivity contribution is 5.92. The Morgan fingerprint density at radius 1 is 1.42 bits per heavy atom. The average molecular weight is 288 g/mol. The molecule has 1 amide bonds. The van der Waals surface area contributed by atoms with Crippen molar-refractivity contribution in [1.82, 2.24) is 10.3 Å². The van der Waals surface area contributed by atoms with Crippen molar-refractivity contribution in [3.8, 4) is 0 Å². The summed E-state index contributed by atoms with van der Waals surface area (Å²) in [6.07, 6.45) is 1.40. The molecule has 0 aliphatic carbocycles. The van der Waals surface area contributed by atoms with Gasteiger partial charge in [-0.15, -0.1) is 12.4 Å². The van der Waals surface area contributed by atoms with Crippen molar-refractivity contribution in [2.24, 2.45) is 5.41 Å². The van der Waals surface area contributed by atoms with Gasteiger partial charge in [-0.05, 0) is 26.0 Å². The van der Waals surface area contributed by atoms with E-state index in [1.54, 1.807) is 19.9 Å². The topological polar surface area (TPSA) is 94.3 Å². The molecule has 0 fully saturated rings. The minimum absolute atomic E-state index is 0. The van der Waals surface area contributed by atoms with E-state index in [0.29, 0.717) is 5.69 Å². The second kappa shape index (κ2) is 6.94. The number of carbonyl (C=O) groups is 2. The molecule has 0 aliphatic heterocycles. The normalized spacial score (nSPS) is 10.3. The molecule has 6 nitrogen and oxygen atoms in total. The summed E-state index contributed by atoms with van der Waals surface area (Å²) in [7, 11) is 1.31. The first-order valence-corrected chi connectivity index (χ1v) is 5.45. The summed E-state index contributed by atoms with van der Waals surface area (Å²) >= 11 is 0. The number of nitrogens with one attached hydrogen (secondary N) is 1. The number of esters is 1. The number of ether oxygens (including phenoxy) is 1. The zero-order chi connectivity index (χ0) is 13.8. The molecule has 0 bridgehead atoms. The summed E-state index contributed by atoms with van der Waals surface area (Å²) in [5.41, 5.74) is 5.43. The SMILES string of the molecule is COC(=O)C(C)(C)CNC(=O)c1ccc(N)cn1.Cl. The smallest absolute Gasteiger partial charge is 0.313 e.